The molecule has 3 rings (SSSR count). The standard InChI is InChI=1S/C19H24N2O2/c22-19(23)18-17(12-15-8-4-1-2-5-9-15)21(14-20-18)13-16-10-6-3-7-11-16/h3,6-7,10-11,14-15H,1-2,4-5,8-9,12-13H2,(H,22,23). The number of carboxylic acids is 1. The first-order chi connectivity index (χ1) is 11.2. The average molecular weight is 312 g/mol. The van der Waals surface area contributed by atoms with Crippen molar-refractivity contribution in [2.45, 2.75) is 51.5 Å². The van der Waals surface area contributed by atoms with Gasteiger partial charge in [-0.15, -0.1) is 0 Å². The van der Waals surface area contributed by atoms with Crippen molar-refractivity contribution in [1.82, 2.24) is 9.55 Å². The molecule has 0 saturated heterocycles. The molecule has 1 saturated carbocycles. The third kappa shape index (κ3) is 4.01. The molecule has 1 N–H and O–H groups in total. The second kappa shape index (κ2) is 7.44. The highest BCUT2D eigenvalue weighted by Gasteiger charge is 2.21. The van der Waals surface area contributed by atoms with Crippen LogP contribution in [-0.4, -0.2) is 20.6 Å². The Bertz CT molecular complexity index is 641. The highest BCUT2D eigenvalue weighted by atomic mass is 16.4. The van der Waals surface area contributed by atoms with Gasteiger partial charge in [-0.2, -0.15) is 0 Å². The van der Waals surface area contributed by atoms with Crippen LogP contribution in [0.25, 0.3) is 0 Å². The van der Waals surface area contributed by atoms with Crippen LogP contribution in [-0.2, 0) is 13.0 Å². The minimum absolute atomic E-state index is 0.227. The summed E-state index contributed by atoms with van der Waals surface area (Å²) in [6.07, 6.45) is 10.1. The van der Waals surface area contributed by atoms with Crippen LogP contribution in [0, 0.1) is 5.92 Å². The second-order valence-electron chi connectivity index (χ2n) is 6.52. The van der Waals surface area contributed by atoms with E-state index in [1.54, 1.807) is 6.33 Å². The van der Waals surface area contributed by atoms with Crippen LogP contribution >= 0.6 is 0 Å². The molecule has 1 aromatic carbocycles. The van der Waals surface area contributed by atoms with Gasteiger partial charge < -0.3 is 9.67 Å². The van der Waals surface area contributed by atoms with Crippen molar-refractivity contribution < 1.29 is 9.90 Å². The fourth-order valence-corrected chi connectivity index (χ4v) is 3.56. The molecule has 0 atom stereocenters. The molecule has 2 aromatic rings. The fraction of sp³-hybridized carbons (Fsp3) is 0.474. The van der Waals surface area contributed by atoms with Crippen LogP contribution in [0.5, 0.6) is 0 Å². The SMILES string of the molecule is O=C(O)c1ncn(Cc2ccccc2)c1CC1CCCCCC1. The van der Waals surface area contributed by atoms with Gasteiger partial charge in [-0.05, 0) is 17.9 Å². The molecule has 4 nitrogen and oxygen atoms in total. The van der Waals surface area contributed by atoms with E-state index in [1.807, 2.05) is 22.8 Å². The summed E-state index contributed by atoms with van der Waals surface area (Å²) in [5.41, 5.74) is 2.28. The van der Waals surface area contributed by atoms with E-state index in [2.05, 4.69) is 17.1 Å². The number of carboxylic acid groups (broad SMARTS) is 1. The van der Waals surface area contributed by atoms with Crippen molar-refractivity contribution in [3.8, 4) is 0 Å². The van der Waals surface area contributed by atoms with Crippen LogP contribution < -0.4 is 0 Å². The Morgan fingerprint density at radius 2 is 1.83 bits per heavy atom. The van der Waals surface area contributed by atoms with Crippen molar-refractivity contribution in [2.75, 3.05) is 0 Å². The van der Waals surface area contributed by atoms with E-state index in [0.717, 1.165) is 12.1 Å². The van der Waals surface area contributed by atoms with Crippen molar-refractivity contribution in [3.63, 3.8) is 0 Å². The summed E-state index contributed by atoms with van der Waals surface area (Å²) < 4.78 is 2.02. The van der Waals surface area contributed by atoms with Crippen LogP contribution in [0.3, 0.4) is 0 Å². The molecule has 0 aliphatic heterocycles. The van der Waals surface area contributed by atoms with Crippen LogP contribution in [0.1, 0.15) is 60.3 Å². The maximum Gasteiger partial charge on any atom is 0.356 e. The van der Waals surface area contributed by atoms with E-state index >= 15 is 0 Å². The number of aromatic carboxylic acids is 1. The third-order valence-corrected chi connectivity index (χ3v) is 4.80. The van der Waals surface area contributed by atoms with Gasteiger partial charge in [-0.25, -0.2) is 9.78 Å². The number of benzene rings is 1. The number of hydrogen-bond donors (Lipinski definition) is 1. The summed E-state index contributed by atoms with van der Waals surface area (Å²) in [7, 11) is 0. The molecular formula is C19H24N2O2. The van der Waals surface area contributed by atoms with E-state index < -0.39 is 5.97 Å². The topological polar surface area (TPSA) is 55.1 Å². The number of hydrogen-bond acceptors (Lipinski definition) is 2. The first-order valence-corrected chi connectivity index (χ1v) is 8.55. The van der Waals surface area contributed by atoms with E-state index in [4.69, 9.17) is 0 Å². The fourth-order valence-electron chi connectivity index (χ4n) is 3.56. The molecule has 0 radical (unpaired) electrons. The van der Waals surface area contributed by atoms with Crippen LogP contribution in [0.2, 0.25) is 0 Å². The van der Waals surface area contributed by atoms with Gasteiger partial charge in [-0.3, -0.25) is 0 Å². The zero-order valence-electron chi connectivity index (χ0n) is 13.4. The second-order valence-corrected chi connectivity index (χ2v) is 6.52. The molecule has 0 amide bonds. The lowest BCUT2D eigenvalue weighted by atomic mass is 9.94. The van der Waals surface area contributed by atoms with Gasteiger partial charge in [0.25, 0.3) is 0 Å². The molecule has 1 aliphatic carbocycles. The molecule has 0 bridgehead atoms. The summed E-state index contributed by atoms with van der Waals surface area (Å²) in [4.78, 5) is 15.7. The van der Waals surface area contributed by atoms with Crippen molar-refractivity contribution >= 4 is 5.97 Å². The average Bonchev–Trinajstić information content (AvgIpc) is 2.77. The molecule has 1 heterocycles. The molecule has 1 aliphatic rings. The lowest BCUT2D eigenvalue weighted by Crippen LogP contribution is -2.13. The highest BCUT2D eigenvalue weighted by Crippen LogP contribution is 2.27. The Morgan fingerprint density at radius 3 is 2.48 bits per heavy atom. The number of nitrogens with zero attached hydrogens (tertiary/aromatic N) is 2. The highest BCUT2D eigenvalue weighted by molar-refractivity contribution is 5.86. The van der Waals surface area contributed by atoms with E-state index in [-0.39, 0.29) is 5.69 Å². The molecule has 0 unspecified atom stereocenters. The monoisotopic (exact) mass is 312 g/mol. The van der Waals surface area contributed by atoms with Crippen LogP contribution in [0.15, 0.2) is 36.7 Å². The first kappa shape index (κ1) is 15.8. The van der Waals surface area contributed by atoms with Crippen molar-refractivity contribution in [2.24, 2.45) is 5.92 Å². The van der Waals surface area contributed by atoms with Gasteiger partial charge in [0.1, 0.15) is 0 Å². The van der Waals surface area contributed by atoms with Crippen molar-refractivity contribution in [1.29, 1.82) is 0 Å². The molecule has 4 heteroatoms. The predicted octanol–water partition coefficient (Wildman–Crippen LogP) is 4.14. The first-order valence-electron chi connectivity index (χ1n) is 8.55. The molecule has 23 heavy (non-hydrogen) atoms. The summed E-state index contributed by atoms with van der Waals surface area (Å²) in [5.74, 6) is -0.331. The van der Waals surface area contributed by atoms with Gasteiger partial charge in [-0.1, -0.05) is 68.9 Å². The summed E-state index contributed by atoms with van der Waals surface area (Å²) >= 11 is 0. The number of imidazole rings is 1. The lowest BCUT2D eigenvalue weighted by molar-refractivity contribution is 0.0689. The Labute approximate surface area is 137 Å². The minimum atomic E-state index is -0.916. The quantitative estimate of drug-likeness (QED) is 0.844. The van der Waals surface area contributed by atoms with Crippen molar-refractivity contribution in [3.05, 3.63) is 53.6 Å². The Hall–Kier alpha value is -2.10. The number of aromatic nitrogens is 2. The van der Waals surface area contributed by atoms with E-state index in [9.17, 15) is 9.90 Å². The number of rotatable bonds is 5. The van der Waals surface area contributed by atoms with Gasteiger partial charge in [0, 0.05) is 6.54 Å². The largest absolute Gasteiger partial charge is 0.476 e. The minimum Gasteiger partial charge on any atom is -0.476 e. The third-order valence-electron chi connectivity index (χ3n) is 4.80. The molecule has 1 aromatic heterocycles. The van der Waals surface area contributed by atoms with Gasteiger partial charge in [0.2, 0.25) is 0 Å². The van der Waals surface area contributed by atoms with Gasteiger partial charge in [0.05, 0.1) is 12.0 Å². The summed E-state index contributed by atoms with van der Waals surface area (Å²) in [5, 5.41) is 9.45. The predicted molar refractivity (Wildman–Crippen MR) is 89.6 cm³/mol. The van der Waals surface area contributed by atoms with Gasteiger partial charge in [0.15, 0.2) is 5.69 Å². The summed E-state index contributed by atoms with van der Waals surface area (Å²) in [6.45, 7) is 0.684. The maximum absolute atomic E-state index is 11.5. The Balaban J connectivity index is 1.83. The molecular weight excluding hydrogens is 288 g/mol. The van der Waals surface area contributed by atoms with E-state index in [0.29, 0.717) is 12.5 Å². The Morgan fingerprint density at radius 1 is 1.13 bits per heavy atom. The zero-order chi connectivity index (χ0) is 16.1. The van der Waals surface area contributed by atoms with Gasteiger partial charge >= 0.3 is 5.97 Å². The lowest BCUT2D eigenvalue weighted by Gasteiger charge is -2.16. The summed E-state index contributed by atoms with van der Waals surface area (Å²) in [6, 6.07) is 10.1. The van der Waals surface area contributed by atoms with E-state index in [1.165, 1.54) is 44.1 Å². The zero-order valence-corrected chi connectivity index (χ0v) is 13.4. The smallest absolute Gasteiger partial charge is 0.356 e. The number of carbonyl (C=O) groups is 1. The normalized spacial score (nSPS) is 16.2. The maximum atomic E-state index is 11.5. The Kier molecular flexibility index (Phi) is 5.11. The molecule has 1 fully saturated rings. The molecule has 122 valence electrons. The van der Waals surface area contributed by atoms with Crippen LogP contribution in [0.4, 0.5) is 0 Å². The molecule has 0 spiro atoms.